The van der Waals surface area contributed by atoms with E-state index in [0.717, 1.165) is 17.8 Å². The predicted octanol–water partition coefficient (Wildman–Crippen LogP) is 5.68. The quantitative estimate of drug-likeness (QED) is 0.245. The van der Waals surface area contributed by atoms with Crippen molar-refractivity contribution in [1.29, 1.82) is 0 Å². The molecule has 0 saturated heterocycles. The van der Waals surface area contributed by atoms with Gasteiger partial charge < -0.3 is 14.0 Å². The average molecular weight is 597 g/mol. The lowest BCUT2D eigenvalue weighted by Gasteiger charge is -2.27. The Morgan fingerprint density at radius 3 is 2.55 bits per heavy atom. The first kappa shape index (κ1) is 28.0. The second-order valence-corrected chi connectivity index (χ2v) is 11.0. The second-order valence-electron chi connectivity index (χ2n) is 9.08. The number of methoxy groups -OCH3 is 1. The third-order valence-corrected chi connectivity index (χ3v) is 8.01. The van der Waals surface area contributed by atoms with Gasteiger partial charge in [0, 0.05) is 33.2 Å². The molecule has 2 aromatic carbocycles. The molecule has 1 aliphatic rings. The van der Waals surface area contributed by atoms with E-state index in [-0.39, 0.29) is 12.2 Å². The molecule has 7 nitrogen and oxygen atoms in total. The number of allylic oxidation sites excluding steroid dienone is 1. The first-order chi connectivity index (χ1) is 19.4. The zero-order chi connectivity index (χ0) is 28.4. The molecule has 40 heavy (non-hydrogen) atoms. The highest BCUT2D eigenvalue weighted by atomic mass is 35.5. The van der Waals surface area contributed by atoms with E-state index in [9.17, 15) is 9.59 Å². The maximum Gasteiger partial charge on any atom is 0.338 e. The highest BCUT2D eigenvalue weighted by Gasteiger charge is 2.36. The van der Waals surface area contributed by atoms with Crippen molar-refractivity contribution in [3.63, 3.8) is 0 Å². The van der Waals surface area contributed by atoms with Crippen LogP contribution in [0.25, 0.3) is 11.8 Å². The molecule has 0 spiro atoms. The maximum atomic E-state index is 14.1. The molecule has 0 unspecified atom stereocenters. The van der Waals surface area contributed by atoms with Gasteiger partial charge in [-0.3, -0.25) is 9.36 Å². The summed E-state index contributed by atoms with van der Waals surface area (Å²) in [4.78, 5) is 32.8. The smallest absolute Gasteiger partial charge is 0.338 e. The minimum atomic E-state index is -0.823. The molecule has 2 aromatic heterocycles. The number of aromatic nitrogens is 2. The molecule has 0 radical (unpaired) electrons. The molecule has 3 heterocycles. The summed E-state index contributed by atoms with van der Waals surface area (Å²) < 4.78 is 15.1. The number of ether oxygens (including phenoxy) is 2. The summed E-state index contributed by atoms with van der Waals surface area (Å²) in [5.74, 6) is -0.0206. The van der Waals surface area contributed by atoms with Crippen molar-refractivity contribution >= 4 is 46.6 Å². The van der Waals surface area contributed by atoms with Crippen molar-refractivity contribution < 1.29 is 14.3 Å². The van der Waals surface area contributed by atoms with E-state index in [4.69, 9.17) is 37.7 Å². The van der Waals surface area contributed by atoms with Gasteiger partial charge in [0.25, 0.3) is 5.56 Å². The lowest BCUT2D eigenvalue weighted by molar-refractivity contribution is -0.139. The molecule has 5 rings (SSSR count). The Hall–Kier alpha value is -3.59. The van der Waals surface area contributed by atoms with Crippen LogP contribution in [0.1, 0.15) is 44.0 Å². The van der Waals surface area contributed by atoms with Crippen LogP contribution in [0, 0.1) is 0 Å². The van der Waals surface area contributed by atoms with E-state index in [1.807, 2.05) is 60.2 Å². The summed E-state index contributed by atoms with van der Waals surface area (Å²) >= 11 is 13.8. The van der Waals surface area contributed by atoms with Gasteiger partial charge in [-0.25, -0.2) is 9.79 Å². The first-order valence-corrected chi connectivity index (χ1v) is 14.4. The Labute approximate surface area is 245 Å². The third kappa shape index (κ3) is 5.27. The lowest BCUT2D eigenvalue weighted by atomic mass is 9.93. The molecular weight excluding hydrogens is 569 g/mol. The average Bonchev–Trinajstić information content (AvgIpc) is 3.52. The molecule has 4 aromatic rings. The molecule has 0 N–H and O–H groups in total. The van der Waals surface area contributed by atoms with Gasteiger partial charge in [-0.2, -0.15) is 0 Å². The van der Waals surface area contributed by atoms with Crippen molar-refractivity contribution in [2.75, 3.05) is 13.7 Å². The highest BCUT2D eigenvalue weighted by Crippen LogP contribution is 2.38. The molecule has 0 aliphatic carbocycles. The summed E-state index contributed by atoms with van der Waals surface area (Å²) in [5, 5.41) is 1.10. The zero-order valence-corrected chi connectivity index (χ0v) is 24.5. The van der Waals surface area contributed by atoms with Gasteiger partial charge in [-0.1, -0.05) is 47.9 Å². The van der Waals surface area contributed by atoms with Gasteiger partial charge in [0.15, 0.2) is 4.80 Å². The molecule has 10 heteroatoms. The van der Waals surface area contributed by atoms with Crippen LogP contribution in [0.2, 0.25) is 10.0 Å². The predicted molar refractivity (Wildman–Crippen MR) is 158 cm³/mol. The van der Waals surface area contributed by atoms with Crippen molar-refractivity contribution in [3.05, 3.63) is 113 Å². The fourth-order valence-electron chi connectivity index (χ4n) is 4.82. The van der Waals surface area contributed by atoms with Gasteiger partial charge in [0.1, 0.15) is 11.8 Å². The first-order valence-electron chi connectivity index (χ1n) is 12.8. The SMILES string of the molecule is CCCC1=C(C(=O)OCC)[C@H](c2cc(Cl)ccc2OC)n2c(s/c(=C/c3cccn3-c3ccc(Cl)cc3)c2=O)=N1. The number of hydrogen-bond donors (Lipinski definition) is 0. The number of fused-ring (bicyclic) bond motifs is 1. The van der Waals surface area contributed by atoms with E-state index >= 15 is 0 Å². The monoisotopic (exact) mass is 595 g/mol. The van der Waals surface area contributed by atoms with Crippen LogP contribution >= 0.6 is 34.5 Å². The summed E-state index contributed by atoms with van der Waals surface area (Å²) in [7, 11) is 1.54. The standard InChI is InChI=1S/C30H27Cl2N3O4S/c1-4-7-23-26(29(37)39-5-2)27(22-16-19(32)11-14-24(22)38-3)35-28(36)25(40-30(35)33-23)17-21-8-6-15-34(21)20-12-9-18(31)10-13-20/h6,8-17,27H,4-5,7H2,1-3H3/b25-17+/t27-/m0/s1. The van der Waals surface area contributed by atoms with E-state index in [2.05, 4.69) is 0 Å². The van der Waals surface area contributed by atoms with Crippen LogP contribution in [0.15, 0.2) is 81.9 Å². The van der Waals surface area contributed by atoms with Crippen LogP contribution in [-0.4, -0.2) is 28.8 Å². The second kappa shape index (κ2) is 11.9. The van der Waals surface area contributed by atoms with Crippen molar-refractivity contribution in [2.24, 2.45) is 4.99 Å². The largest absolute Gasteiger partial charge is 0.496 e. The minimum absolute atomic E-state index is 0.188. The van der Waals surface area contributed by atoms with E-state index in [1.54, 1.807) is 36.8 Å². The fraction of sp³-hybridized carbons (Fsp3) is 0.233. The number of hydrogen-bond acceptors (Lipinski definition) is 6. The molecule has 206 valence electrons. The van der Waals surface area contributed by atoms with E-state index in [0.29, 0.717) is 48.4 Å². The molecule has 0 saturated carbocycles. The Bertz CT molecular complexity index is 1780. The molecular formula is C30H27Cl2N3O4S. The third-order valence-electron chi connectivity index (χ3n) is 6.54. The Kier molecular flexibility index (Phi) is 8.30. The fourth-order valence-corrected chi connectivity index (χ4v) is 6.13. The van der Waals surface area contributed by atoms with Crippen molar-refractivity contribution in [1.82, 2.24) is 9.13 Å². The zero-order valence-electron chi connectivity index (χ0n) is 22.2. The van der Waals surface area contributed by atoms with Gasteiger partial charge >= 0.3 is 5.97 Å². The number of thiazole rings is 1. The van der Waals surface area contributed by atoms with Crippen molar-refractivity contribution in [2.45, 2.75) is 32.7 Å². The summed E-state index contributed by atoms with van der Waals surface area (Å²) in [6.45, 7) is 3.95. The number of benzene rings is 2. The molecule has 0 fully saturated rings. The summed E-state index contributed by atoms with van der Waals surface area (Å²) in [6.07, 6.45) is 5.05. The number of rotatable bonds is 8. The van der Waals surface area contributed by atoms with E-state index in [1.165, 1.54) is 11.3 Å². The topological polar surface area (TPSA) is 74.8 Å². The minimum Gasteiger partial charge on any atom is -0.496 e. The molecule has 1 atom stereocenters. The van der Waals surface area contributed by atoms with Crippen molar-refractivity contribution in [3.8, 4) is 11.4 Å². The van der Waals surface area contributed by atoms with Gasteiger partial charge in [-0.15, -0.1) is 0 Å². The molecule has 1 aliphatic heterocycles. The number of carbonyl (C=O) groups is 1. The Balaban J connectivity index is 1.76. The van der Waals surface area contributed by atoms with Crippen LogP contribution in [0.4, 0.5) is 0 Å². The summed E-state index contributed by atoms with van der Waals surface area (Å²) in [6, 6.07) is 15.6. The summed E-state index contributed by atoms with van der Waals surface area (Å²) in [5.41, 5.74) is 2.92. The number of carbonyl (C=O) groups excluding carboxylic acids is 1. The van der Waals surface area contributed by atoms with Crippen LogP contribution in [0.3, 0.4) is 0 Å². The van der Waals surface area contributed by atoms with Crippen LogP contribution in [-0.2, 0) is 9.53 Å². The van der Waals surface area contributed by atoms with Crippen LogP contribution in [0.5, 0.6) is 5.75 Å². The van der Waals surface area contributed by atoms with Gasteiger partial charge in [0.2, 0.25) is 0 Å². The molecule has 0 bridgehead atoms. The normalized spacial score (nSPS) is 15.1. The molecule has 0 amide bonds. The maximum absolute atomic E-state index is 14.1. The number of esters is 1. The Morgan fingerprint density at radius 2 is 1.85 bits per heavy atom. The number of nitrogens with zero attached hydrogens (tertiary/aromatic N) is 3. The van der Waals surface area contributed by atoms with Gasteiger partial charge in [0.05, 0.1) is 29.5 Å². The number of halogens is 2. The highest BCUT2D eigenvalue weighted by molar-refractivity contribution is 7.07. The Morgan fingerprint density at radius 1 is 1.10 bits per heavy atom. The lowest BCUT2D eigenvalue weighted by Crippen LogP contribution is -2.40. The van der Waals surface area contributed by atoms with E-state index < -0.39 is 12.0 Å². The van der Waals surface area contributed by atoms with Gasteiger partial charge in [-0.05, 0) is 74.0 Å². The van der Waals surface area contributed by atoms with Crippen LogP contribution < -0.4 is 19.6 Å².